The van der Waals surface area contributed by atoms with Gasteiger partial charge in [0.05, 0.1) is 23.5 Å². The summed E-state index contributed by atoms with van der Waals surface area (Å²) in [5, 5.41) is 14.1. The number of pyridine rings is 1. The quantitative estimate of drug-likeness (QED) is 0.536. The van der Waals surface area contributed by atoms with E-state index in [4.69, 9.17) is 0 Å². The lowest BCUT2D eigenvalue weighted by atomic mass is 10.3. The molecule has 0 atom stereocenters. The molecule has 7 heteroatoms. The van der Waals surface area contributed by atoms with Gasteiger partial charge in [-0.25, -0.2) is 15.0 Å². The van der Waals surface area contributed by atoms with Crippen molar-refractivity contribution in [3.05, 3.63) is 61.2 Å². The predicted molar refractivity (Wildman–Crippen MR) is 88.9 cm³/mol. The van der Waals surface area contributed by atoms with Crippen LogP contribution in [-0.2, 0) is 0 Å². The van der Waals surface area contributed by atoms with Gasteiger partial charge < -0.3 is 10.6 Å². The van der Waals surface area contributed by atoms with Crippen LogP contribution in [0.1, 0.15) is 0 Å². The summed E-state index contributed by atoms with van der Waals surface area (Å²) in [6.45, 7) is 0. The summed E-state index contributed by atoms with van der Waals surface area (Å²) in [7, 11) is 0. The van der Waals surface area contributed by atoms with Gasteiger partial charge >= 0.3 is 0 Å². The minimum atomic E-state index is 0.689. The number of H-pyrrole nitrogens is 1. The van der Waals surface area contributed by atoms with Crippen LogP contribution < -0.4 is 10.6 Å². The Morgan fingerprint density at radius 3 is 2.52 bits per heavy atom. The first-order valence-corrected chi connectivity index (χ1v) is 7.08. The molecule has 0 radical (unpaired) electrons. The lowest BCUT2D eigenvalue weighted by Gasteiger charge is -2.08. The first kappa shape index (κ1) is 13.2. The largest absolute Gasteiger partial charge is 0.340 e. The van der Waals surface area contributed by atoms with Gasteiger partial charge in [-0.2, -0.15) is 5.10 Å². The lowest BCUT2D eigenvalue weighted by Crippen LogP contribution is -1.97. The van der Waals surface area contributed by atoms with E-state index in [0.29, 0.717) is 11.5 Å². The Balaban J connectivity index is 1.53. The second-order valence-corrected chi connectivity index (χ2v) is 4.90. The smallest absolute Gasteiger partial charge is 0.160 e. The molecule has 0 amide bonds. The van der Waals surface area contributed by atoms with Crippen LogP contribution in [0.4, 0.5) is 23.0 Å². The summed E-state index contributed by atoms with van der Waals surface area (Å²) in [4.78, 5) is 12.7. The van der Waals surface area contributed by atoms with Gasteiger partial charge in [-0.05, 0) is 24.3 Å². The van der Waals surface area contributed by atoms with Gasteiger partial charge in [0.1, 0.15) is 18.0 Å². The highest BCUT2D eigenvalue weighted by Gasteiger charge is 2.05. The van der Waals surface area contributed by atoms with Crippen molar-refractivity contribution in [2.45, 2.75) is 0 Å². The summed E-state index contributed by atoms with van der Waals surface area (Å²) >= 11 is 0. The normalized spacial score (nSPS) is 10.6. The van der Waals surface area contributed by atoms with E-state index in [1.54, 1.807) is 12.4 Å². The molecular weight excluding hydrogens is 290 g/mol. The number of aromatic amines is 1. The van der Waals surface area contributed by atoms with Crippen LogP contribution in [-0.4, -0.2) is 25.1 Å². The zero-order valence-corrected chi connectivity index (χ0v) is 12.1. The number of nitrogens with one attached hydrogen (secondary N) is 3. The molecule has 0 unspecified atom stereocenters. The highest BCUT2D eigenvalue weighted by atomic mass is 15.2. The number of benzene rings is 1. The van der Waals surface area contributed by atoms with Gasteiger partial charge in [0.25, 0.3) is 0 Å². The molecule has 7 nitrogen and oxygen atoms in total. The Bertz CT molecular complexity index is 916. The van der Waals surface area contributed by atoms with Gasteiger partial charge in [0.15, 0.2) is 5.65 Å². The number of fused-ring (bicyclic) bond motifs is 1. The van der Waals surface area contributed by atoms with Crippen molar-refractivity contribution in [3.63, 3.8) is 0 Å². The molecule has 3 aromatic heterocycles. The van der Waals surface area contributed by atoms with Crippen LogP contribution in [0.25, 0.3) is 11.0 Å². The van der Waals surface area contributed by atoms with Crippen molar-refractivity contribution >= 4 is 34.0 Å². The van der Waals surface area contributed by atoms with E-state index in [1.165, 1.54) is 6.33 Å². The maximum absolute atomic E-state index is 4.40. The molecule has 4 aromatic rings. The third-order valence-corrected chi connectivity index (χ3v) is 3.32. The Labute approximate surface area is 131 Å². The molecule has 1 aromatic carbocycles. The fourth-order valence-electron chi connectivity index (χ4n) is 2.21. The van der Waals surface area contributed by atoms with Crippen LogP contribution in [0.2, 0.25) is 0 Å². The van der Waals surface area contributed by atoms with Crippen molar-refractivity contribution in [3.8, 4) is 0 Å². The van der Waals surface area contributed by atoms with E-state index in [2.05, 4.69) is 35.8 Å². The fourth-order valence-corrected chi connectivity index (χ4v) is 2.21. The third-order valence-electron chi connectivity index (χ3n) is 3.32. The second kappa shape index (κ2) is 5.72. The van der Waals surface area contributed by atoms with E-state index >= 15 is 0 Å². The maximum atomic E-state index is 4.40. The molecular formula is C16H13N7. The Morgan fingerprint density at radius 2 is 1.70 bits per heavy atom. The van der Waals surface area contributed by atoms with Gasteiger partial charge in [-0.3, -0.25) is 5.10 Å². The molecule has 0 aliphatic heterocycles. The maximum Gasteiger partial charge on any atom is 0.160 e. The van der Waals surface area contributed by atoms with Gasteiger partial charge in [-0.15, -0.1) is 0 Å². The molecule has 0 fully saturated rings. The molecule has 0 aliphatic carbocycles. The summed E-state index contributed by atoms with van der Waals surface area (Å²) in [5.74, 6) is 1.47. The number of para-hydroxylation sites is 1. The third kappa shape index (κ3) is 2.80. The van der Waals surface area contributed by atoms with E-state index in [-0.39, 0.29) is 0 Å². The second-order valence-electron chi connectivity index (χ2n) is 4.90. The van der Waals surface area contributed by atoms with Crippen molar-refractivity contribution in [2.75, 3.05) is 10.6 Å². The predicted octanol–water partition coefficient (Wildman–Crippen LogP) is 3.24. The monoisotopic (exact) mass is 303 g/mol. The molecule has 0 aliphatic rings. The van der Waals surface area contributed by atoms with E-state index in [1.807, 2.05) is 42.5 Å². The van der Waals surface area contributed by atoms with Crippen LogP contribution in [0, 0.1) is 0 Å². The number of nitrogens with zero attached hydrogens (tertiary/aromatic N) is 4. The summed E-state index contributed by atoms with van der Waals surface area (Å²) in [6, 6.07) is 13.8. The first-order valence-electron chi connectivity index (χ1n) is 7.08. The van der Waals surface area contributed by atoms with Crippen LogP contribution >= 0.6 is 0 Å². The molecule has 0 saturated carbocycles. The topological polar surface area (TPSA) is 91.4 Å². The van der Waals surface area contributed by atoms with E-state index in [0.717, 1.165) is 22.6 Å². The van der Waals surface area contributed by atoms with Gasteiger partial charge in [0, 0.05) is 5.69 Å². The number of hydrogen-bond acceptors (Lipinski definition) is 6. The van der Waals surface area contributed by atoms with Crippen molar-refractivity contribution in [1.82, 2.24) is 25.1 Å². The Morgan fingerprint density at radius 1 is 0.783 bits per heavy atom. The highest BCUT2D eigenvalue weighted by Crippen LogP contribution is 2.22. The van der Waals surface area contributed by atoms with Crippen molar-refractivity contribution < 1.29 is 0 Å². The first-order chi connectivity index (χ1) is 11.4. The average molecular weight is 303 g/mol. The lowest BCUT2D eigenvalue weighted by molar-refractivity contribution is 1.09. The minimum Gasteiger partial charge on any atom is -0.340 e. The van der Waals surface area contributed by atoms with Crippen LogP contribution in [0.15, 0.2) is 61.2 Å². The molecule has 23 heavy (non-hydrogen) atoms. The fraction of sp³-hybridized carbons (Fsp3) is 0. The summed E-state index contributed by atoms with van der Waals surface area (Å²) in [5.41, 5.74) is 2.53. The molecule has 3 N–H and O–H groups in total. The molecule has 4 rings (SSSR count). The van der Waals surface area contributed by atoms with Crippen molar-refractivity contribution in [1.29, 1.82) is 0 Å². The molecule has 112 valence electrons. The van der Waals surface area contributed by atoms with E-state index < -0.39 is 0 Å². The van der Waals surface area contributed by atoms with E-state index in [9.17, 15) is 0 Å². The van der Waals surface area contributed by atoms with Gasteiger partial charge in [0.2, 0.25) is 0 Å². The molecule has 0 spiro atoms. The zero-order chi connectivity index (χ0) is 15.5. The zero-order valence-electron chi connectivity index (χ0n) is 12.1. The number of anilines is 4. The number of hydrogen-bond donors (Lipinski definition) is 3. The summed E-state index contributed by atoms with van der Waals surface area (Å²) in [6.07, 6.45) is 4.93. The summed E-state index contributed by atoms with van der Waals surface area (Å²) < 4.78 is 0. The molecule has 3 heterocycles. The Kier molecular flexibility index (Phi) is 3.28. The average Bonchev–Trinajstić information content (AvgIpc) is 3.07. The van der Waals surface area contributed by atoms with Crippen molar-refractivity contribution in [2.24, 2.45) is 0 Å². The highest BCUT2D eigenvalue weighted by molar-refractivity contribution is 5.87. The standard InChI is InChI=1S/C16H13N7/c1-2-4-11(5-3-1)21-14-7-6-12(8-17-14)22-15-13-9-20-23-16(13)19-10-18-15/h1-10H,(H,17,21)(H2,18,19,20,22,23). The Hall–Kier alpha value is -3.48. The minimum absolute atomic E-state index is 0.689. The molecule has 0 saturated heterocycles. The molecule has 0 bridgehead atoms. The SMILES string of the molecule is c1ccc(Nc2ccc(Nc3ncnc4[nH]ncc34)cn2)cc1. The van der Waals surface area contributed by atoms with Crippen LogP contribution in [0.5, 0.6) is 0 Å². The van der Waals surface area contributed by atoms with Crippen LogP contribution in [0.3, 0.4) is 0 Å². The van der Waals surface area contributed by atoms with Gasteiger partial charge in [-0.1, -0.05) is 18.2 Å². The number of rotatable bonds is 4. The number of aromatic nitrogens is 5.